The average Bonchev–Trinajstić information content (AvgIpc) is 2.92. The fraction of sp³-hybridized carbons (Fsp3) is 0. The fourth-order valence-electron chi connectivity index (χ4n) is 2.00. The highest BCUT2D eigenvalue weighted by Crippen LogP contribution is 2.25. The fourth-order valence-corrected chi connectivity index (χ4v) is 2.31. The molecular formula is C16H9Cl2N3. The van der Waals surface area contributed by atoms with Crippen LogP contribution < -0.4 is 0 Å². The van der Waals surface area contributed by atoms with Crippen LogP contribution in [-0.2, 0) is 0 Å². The van der Waals surface area contributed by atoms with Crippen molar-refractivity contribution in [2.24, 2.45) is 0 Å². The molecule has 1 heterocycles. The molecule has 0 saturated heterocycles. The van der Waals surface area contributed by atoms with E-state index in [-0.39, 0.29) is 0 Å². The molecule has 0 atom stereocenters. The molecule has 2 aromatic carbocycles. The quantitative estimate of drug-likeness (QED) is 0.682. The number of hydrogen-bond acceptors (Lipinski definition) is 2. The Bertz CT molecular complexity index is 855. The van der Waals surface area contributed by atoms with Gasteiger partial charge in [0.2, 0.25) is 0 Å². The highest BCUT2D eigenvalue weighted by atomic mass is 35.5. The van der Waals surface area contributed by atoms with Crippen LogP contribution >= 0.6 is 23.2 Å². The van der Waals surface area contributed by atoms with Crippen molar-refractivity contribution in [1.29, 1.82) is 5.26 Å². The molecule has 0 aliphatic rings. The van der Waals surface area contributed by atoms with Gasteiger partial charge in [0.15, 0.2) is 0 Å². The number of H-pyrrole nitrogens is 1. The van der Waals surface area contributed by atoms with Gasteiger partial charge in [-0.1, -0.05) is 41.4 Å². The summed E-state index contributed by atoms with van der Waals surface area (Å²) in [4.78, 5) is 7.55. The Labute approximate surface area is 131 Å². The van der Waals surface area contributed by atoms with Crippen LogP contribution in [0, 0.1) is 11.3 Å². The van der Waals surface area contributed by atoms with Gasteiger partial charge in [-0.3, -0.25) is 0 Å². The van der Waals surface area contributed by atoms with Crippen LogP contribution in [0.25, 0.3) is 22.7 Å². The molecule has 0 bridgehead atoms. The van der Waals surface area contributed by atoms with Crippen LogP contribution in [0.15, 0.2) is 42.5 Å². The maximum atomic E-state index is 9.35. The number of aromatic nitrogens is 2. The van der Waals surface area contributed by atoms with E-state index in [4.69, 9.17) is 23.2 Å². The van der Waals surface area contributed by atoms with Crippen molar-refractivity contribution >= 4 is 45.9 Å². The number of imidazole rings is 1. The van der Waals surface area contributed by atoms with Crippen molar-refractivity contribution in [3.05, 3.63) is 63.9 Å². The molecule has 3 aromatic rings. The molecule has 0 radical (unpaired) electrons. The third-order valence-corrected chi connectivity index (χ3v) is 3.76. The van der Waals surface area contributed by atoms with Crippen LogP contribution in [0.2, 0.25) is 10.0 Å². The van der Waals surface area contributed by atoms with Gasteiger partial charge in [0.25, 0.3) is 0 Å². The van der Waals surface area contributed by atoms with Gasteiger partial charge in [-0.2, -0.15) is 5.26 Å². The van der Waals surface area contributed by atoms with Crippen LogP contribution in [-0.4, -0.2) is 9.97 Å². The predicted octanol–water partition coefficient (Wildman–Crippen LogP) is 4.93. The lowest BCUT2D eigenvalue weighted by atomic mass is 10.1. The third-order valence-electron chi connectivity index (χ3n) is 3.02. The molecular weight excluding hydrogens is 305 g/mol. The SMILES string of the molecule is N#C/C(=C/c1ccc(Cl)c(Cl)c1)c1nc2ccccc2[nH]1. The summed E-state index contributed by atoms with van der Waals surface area (Å²) < 4.78 is 0. The lowest BCUT2D eigenvalue weighted by Crippen LogP contribution is -1.85. The Balaban J connectivity index is 2.06. The molecule has 1 aromatic heterocycles. The summed E-state index contributed by atoms with van der Waals surface area (Å²) in [6, 6.07) is 15.0. The van der Waals surface area contributed by atoms with Crippen LogP contribution in [0.1, 0.15) is 11.4 Å². The highest BCUT2D eigenvalue weighted by Gasteiger charge is 2.08. The van der Waals surface area contributed by atoms with Crippen molar-refractivity contribution in [1.82, 2.24) is 9.97 Å². The van der Waals surface area contributed by atoms with Gasteiger partial charge in [-0.05, 0) is 35.9 Å². The van der Waals surface area contributed by atoms with Crippen molar-refractivity contribution in [3.8, 4) is 6.07 Å². The van der Waals surface area contributed by atoms with Crippen LogP contribution in [0.4, 0.5) is 0 Å². The Morgan fingerprint density at radius 1 is 1.14 bits per heavy atom. The zero-order valence-corrected chi connectivity index (χ0v) is 12.3. The van der Waals surface area contributed by atoms with Gasteiger partial charge in [-0.15, -0.1) is 0 Å². The minimum Gasteiger partial charge on any atom is -0.337 e. The highest BCUT2D eigenvalue weighted by molar-refractivity contribution is 6.42. The van der Waals surface area contributed by atoms with Gasteiger partial charge in [0.1, 0.15) is 11.9 Å². The first-order valence-corrected chi connectivity index (χ1v) is 6.95. The number of para-hydroxylation sites is 2. The van der Waals surface area contributed by atoms with Crippen LogP contribution in [0.3, 0.4) is 0 Å². The van der Waals surface area contributed by atoms with E-state index in [9.17, 15) is 5.26 Å². The van der Waals surface area contributed by atoms with Crippen molar-refractivity contribution in [2.45, 2.75) is 0 Å². The Hall–Kier alpha value is -2.28. The normalized spacial score (nSPS) is 11.6. The Morgan fingerprint density at radius 2 is 1.95 bits per heavy atom. The molecule has 0 unspecified atom stereocenters. The summed E-state index contributed by atoms with van der Waals surface area (Å²) in [6.07, 6.45) is 1.72. The number of halogens is 2. The van der Waals surface area contributed by atoms with E-state index in [1.807, 2.05) is 24.3 Å². The minimum absolute atomic E-state index is 0.435. The molecule has 102 valence electrons. The monoisotopic (exact) mass is 313 g/mol. The average molecular weight is 314 g/mol. The Morgan fingerprint density at radius 3 is 2.67 bits per heavy atom. The van der Waals surface area contributed by atoms with Crippen LogP contribution in [0.5, 0.6) is 0 Å². The smallest absolute Gasteiger partial charge is 0.149 e. The summed E-state index contributed by atoms with van der Waals surface area (Å²) in [5, 5.41) is 10.3. The largest absolute Gasteiger partial charge is 0.337 e. The summed E-state index contributed by atoms with van der Waals surface area (Å²) in [5.74, 6) is 0.532. The van der Waals surface area contributed by atoms with E-state index in [1.54, 1.807) is 24.3 Å². The molecule has 5 heteroatoms. The standard InChI is InChI=1S/C16H9Cl2N3/c17-12-6-5-10(8-13(12)18)7-11(9-19)16-20-14-3-1-2-4-15(14)21-16/h1-8H,(H,20,21)/b11-7-. The van der Waals surface area contributed by atoms with E-state index in [2.05, 4.69) is 16.0 Å². The summed E-state index contributed by atoms with van der Waals surface area (Å²) in [7, 11) is 0. The van der Waals surface area contributed by atoms with E-state index in [1.165, 1.54) is 0 Å². The molecule has 3 rings (SSSR count). The Kier molecular flexibility index (Phi) is 3.66. The molecule has 0 amide bonds. The van der Waals surface area contributed by atoms with E-state index < -0.39 is 0 Å². The molecule has 1 N–H and O–H groups in total. The number of nitrogens with zero attached hydrogens (tertiary/aromatic N) is 2. The molecule has 3 nitrogen and oxygen atoms in total. The van der Waals surface area contributed by atoms with Gasteiger partial charge >= 0.3 is 0 Å². The zero-order chi connectivity index (χ0) is 14.8. The number of rotatable bonds is 2. The molecule has 0 aliphatic carbocycles. The minimum atomic E-state index is 0.435. The molecule has 0 aliphatic heterocycles. The second-order valence-electron chi connectivity index (χ2n) is 4.45. The first-order chi connectivity index (χ1) is 10.2. The topological polar surface area (TPSA) is 52.5 Å². The maximum Gasteiger partial charge on any atom is 0.149 e. The molecule has 0 spiro atoms. The van der Waals surface area contributed by atoms with Gasteiger partial charge in [0.05, 0.1) is 26.7 Å². The number of nitrogens with one attached hydrogen (secondary N) is 1. The summed E-state index contributed by atoms with van der Waals surface area (Å²) in [6.45, 7) is 0. The number of fused-ring (bicyclic) bond motifs is 1. The van der Waals surface area contributed by atoms with Gasteiger partial charge < -0.3 is 4.98 Å². The summed E-state index contributed by atoms with van der Waals surface area (Å²) in [5.41, 5.74) is 2.94. The predicted molar refractivity (Wildman–Crippen MR) is 86.0 cm³/mol. The second kappa shape index (κ2) is 5.61. The van der Waals surface area contributed by atoms with E-state index in [0.29, 0.717) is 21.4 Å². The van der Waals surface area contributed by atoms with Gasteiger partial charge in [0, 0.05) is 0 Å². The van der Waals surface area contributed by atoms with Crippen molar-refractivity contribution in [2.75, 3.05) is 0 Å². The molecule has 0 saturated carbocycles. The first kappa shape index (κ1) is 13.7. The lowest BCUT2D eigenvalue weighted by Gasteiger charge is -1.99. The number of allylic oxidation sites excluding steroid dienone is 1. The molecule has 21 heavy (non-hydrogen) atoms. The maximum absolute atomic E-state index is 9.35. The van der Waals surface area contributed by atoms with Gasteiger partial charge in [-0.25, -0.2) is 4.98 Å². The summed E-state index contributed by atoms with van der Waals surface area (Å²) >= 11 is 11.9. The first-order valence-electron chi connectivity index (χ1n) is 6.19. The number of aromatic amines is 1. The van der Waals surface area contributed by atoms with Crippen molar-refractivity contribution < 1.29 is 0 Å². The number of nitriles is 1. The molecule has 0 fully saturated rings. The second-order valence-corrected chi connectivity index (χ2v) is 5.26. The van der Waals surface area contributed by atoms with Crippen molar-refractivity contribution in [3.63, 3.8) is 0 Å². The number of hydrogen-bond donors (Lipinski definition) is 1. The zero-order valence-electron chi connectivity index (χ0n) is 10.8. The number of benzene rings is 2. The third kappa shape index (κ3) is 2.78. The van der Waals surface area contributed by atoms with E-state index >= 15 is 0 Å². The van der Waals surface area contributed by atoms with E-state index in [0.717, 1.165) is 16.6 Å². The lowest BCUT2D eigenvalue weighted by molar-refractivity contribution is 1.27.